The molecule has 2 amide bonds. The third-order valence-electron chi connectivity index (χ3n) is 7.15. The number of aromatic nitrogens is 4. The number of nitrogens with zero attached hydrogens (tertiary/aromatic N) is 3. The average molecular weight is 697 g/mol. The van der Waals surface area contributed by atoms with E-state index in [4.69, 9.17) is 9.47 Å². The maximum Gasteiger partial charge on any atom is 0.327 e. The van der Waals surface area contributed by atoms with Crippen LogP contribution in [0.5, 0.6) is 17.6 Å². The smallest absolute Gasteiger partial charge is 0.327 e. The van der Waals surface area contributed by atoms with Gasteiger partial charge in [0.25, 0.3) is 17.4 Å². The van der Waals surface area contributed by atoms with E-state index in [-0.39, 0.29) is 46.4 Å². The van der Waals surface area contributed by atoms with Crippen molar-refractivity contribution >= 4 is 53.1 Å². The number of carbonyl (C=O) groups is 5. The third kappa shape index (κ3) is 10.0. The van der Waals surface area contributed by atoms with Crippen LogP contribution in [-0.2, 0) is 24.0 Å². The zero-order valence-corrected chi connectivity index (χ0v) is 27.6. The van der Waals surface area contributed by atoms with Gasteiger partial charge in [-0.3, -0.25) is 24.2 Å². The standard InChI is InChI=1S/C28H36N6O11S2/c1-12(35)30-17(26(40)41)10-46-22(16-8-20(38)33-28(32-16)45-4)14-6-5-7-15(21(14)39)23(24-29-9-19(37)25(34-24)44-3)47-11-18(27(42)43)31-13(2)36/h8-9,14-15,17-18,22-23,37H,5-7,10-11H2,1-4H3,(H,30,35)(H,31,36)(H,40,41)(H,42,43)(H,32,33,38). The molecule has 2 aromatic rings. The van der Waals surface area contributed by atoms with Crippen molar-refractivity contribution in [2.45, 2.75) is 55.7 Å². The molecule has 6 unspecified atom stereocenters. The summed E-state index contributed by atoms with van der Waals surface area (Å²) in [4.78, 5) is 89.4. The number of aromatic hydroxyl groups is 1. The van der Waals surface area contributed by atoms with Gasteiger partial charge < -0.3 is 35.4 Å². The third-order valence-corrected chi connectivity index (χ3v) is 10.0. The van der Waals surface area contributed by atoms with Crippen molar-refractivity contribution in [3.05, 3.63) is 34.1 Å². The number of methoxy groups -OCH3 is 2. The number of aliphatic carboxylic acids is 2. The Morgan fingerprint density at radius 1 is 0.936 bits per heavy atom. The van der Waals surface area contributed by atoms with Crippen LogP contribution in [-0.4, -0.2) is 103 Å². The van der Waals surface area contributed by atoms with Gasteiger partial charge in [0.05, 0.1) is 36.6 Å². The minimum absolute atomic E-state index is 0.0763. The van der Waals surface area contributed by atoms with Crippen molar-refractivity contribution in [2.75, 3.05) is 25.7 Å². The highest BCUT2D eigenvalue weighted by Crippen LogP contribution is 2.48. The Morgan fingerprint density at radius 2 is 1.49 bits per heavy atom. The van der Waals surface area contributed by atoms with Crippen LogP contribution in [0.4, 0.5) is 0 Å². The second-order valence-corrected chi connectivity index (χ2v) is 12.9. The minimum Gasteiger partial charge on any atom is -0.502 e. The summed E-state index contributed by atoms with van der Waals surface area (Å²) in [5, 5.41) is 32.5. The number of amides is 2. The first-order chi connectivity index (χ1) is 22.2. The molecule has 2 heterocycles. The fraction of sp³-hybridized carbons (Fsp3) is 0.536. The number of rotatable bonds is 16. The number of carbonyl (C=O) groups excluding carboxylic acids is 3. The van der Waals surface area contributed by atoms with Gasteiger partial charge in [-0.25, -0.2) is 19.6 Å². The predicted molar refractivity (Wildman–Crippen MR) is 168 cm³/mol. The number of aromatic amines is 1. The van der Waals surface area contributed by atoms with Gasteiger partial charge in [0.1, 0.15) is 23.7 Å². The first-order valence-electron chi connectivity index (χ1n) is 14.3. The normalized spacial score (nSPS) is 18.7. The molecule has 6 N–H and O–H groups in total. The molecule has 1 aliphatic carbocycles. The lowest BCUT2D eigenvalue weighted by molar-refractivity contribution is -0.141. The quantitative estimate of drug-likeness (QED) is 0.141. The molecule has 3 rings (SSSR count). The molecule has 0 bridgehead atoms. The molecule has 47 heavy (non-hydrogen) atoms. The summed E-state index contributed by atoms with van der Waals surface area (Å²) in [6.07, 6.45) is 2.26. The Morgan fingerprint density at radius 3 is 2.00 bits per heavy atom. The van der Waals surface area contributed by atoms with E-state index in [1.165, 1.54) is 34.1 Å². The van der Waals surface area contributed by atoms with Crippen LogP contribution in [0.1, 0.15) is 55.1 Å². The maximum absolute atomic E-state index is 14.4. The molecule has 0 radical (unpaired) electrons. The molecule has 0 aliphatic heterocycles. The van der Waals surface area contributed by atoms with Crippen molar-refractivity contribution in [3.8, 4) is 17.6 Å². The van der Waals surface area contributed by atoms with E-state index in [9.17, 15) is 44.1 Å². The average Bonchev–Trinajstić information content (AvgIpc) is 3.01. The number of ketones is 1. The first-order valence-corrected chi connectivity index (χ1v) is 16.4. The molecule has 6 atom stereocenters. The Bertz CT molecular complexity index is 1540. The van der Waals surface area contributed by atoms with E-state index in [0.29, 0.717) is 19.3 Å². The number of hydrogen-bond acceptors (Lipinski definition) is 14. The summed E-state index contributed by atoms with van der Waals surface area (Å²) in [6, 6.07) is -1.53. The lowest BCUT2D eigenvalue weighted by Gasteiger charge is -2.36. The molecule has 256 valence electrons. The Balaban J connectivity index is 2.06. The molecule has 2 aromatic heterocycles. The number of hydrogen-bond donors (Lipinski definition) is 6. The van der Waals surface area contributed by atoms with Crippen LogP contribution in [0, 0.1) is 11.8 Å². The van der Waals surface area contributed by atoms with Crippen molar-refractivity contribution in [3.63, 3.8) is 0 Å². The van der Waals surface area contributed by atoms with Crippen molar-refractivity contribution in [1.29, 1.82) is 0 Å². The number of Topliss-reactive ketones (excluding diaryl/α,β-unsaturated/α-hetero) is 1. The Kier molecular flexibility index (Phi) is 13.4. The number of ether oxygens (including phenoxy) is 2. The fourth-order valence-corrected chi connectivity index (χ4v) is 7.90. The van der Waals surface area contributed by atoms with Gasteiger partial charge in [-0.15, -0.1) is 23.5 Å². The van der Waals surface area contributed by atoms with Crippen LogP contribution in [0.15, 0.2) is 17.1 Å². The number of thioether (sulfide) groups is 2. The summed E-state index contributed by atoms with van der Waals surface area (Å²) in [7, 11) is 2.57. The van der Waals surface area contributed by atoms with Gasteiger partial charge in [0.2, 0.25) is 11.8 Å². The van der Waals surface area contributed by atoms with Crippen LogP contribution in [0.2, 0.25) is 0 Å². The molecular weight excluding hydrogens is 660 g/mol. The molecule has 1 aliphatic rings. The van der Waals surface area contributed by atoms with Crippen molar-refractivity contribution in [1.82, 2.24) is 30.6 Å². The number of H-pyrrole nitrogens is 1. The monoisotopic (exact) mass is 696 g/mol. The van der Waals surface area contributed by atoms with Gasteiger partial charge in [-0.05, 0) is 12.8 Å². The molecule has 19 heteroatoms. The van der Waals surface area contributed by atoms with Crippen molar-refractivity contribution in [2.24, 2.45) is 11.8 Å². The number of nitrogens with one attached hydrogen (secondary N) is 3. The van der Waals surface area contributed by atoms with Gasteiger partial charge in [-0.2, -0.15) is 4.98 Å². The molecule has 17 nitrogen and oxygen atoms in total. The Hall–Kier alpha value is -4.39. The molecule has 1 fully saturated rings. The van der Waals surface area contributed by atoms with Crippen LogP contribution in [0.25, 0.3) is 0 Å². The topological polar surface area (TPSA) is 260 Å². The van der Waals surface area contributed by atoms with E-state index in [1.807, 2.05) is 0 Å². The fourth-order valence-electron chi connectivity index (χ4n) is 5.09. The molecule has 0 saturated heterocycles. The second kappa shape index (κ2) is 17.0. The first kappa shape index (κ1) is 37.1. The summed E-state index contributed by atoms with van der Waals surface area (Å²) in [5.41, 5.74) is -0.408. The zero-order chi connectivity index (χ0) is 34.8. The highest BCUT2D eigenvalue weighted by molar-refractivity contribution is 7.99. The van der Waals surface area contributed by atoms with Crippen LogP contribution in [0.3, 0.4) is 0 Å². The van der Waals surface area contributed by atoms with E-state index >= 15 is 0 Å². The van der Waals surface area contributed by atoms with Crippen molar-refractivity contribution < 1.29 is 48.8 Å². The van der Waals surface area contributed by atoms with E-state index in [0.717, 1.165) is 29.7 Å². The lowest BCUT2D eigenvalue weighted by Crippen LogP contribution is -2.43. The van der Waals surface area contributed by atoms with Gasteiger partial charge in [0.15, 0.2) is 5.75 Å². The number of carboxylic acids is 2. The van der Waals surface area contributed by atoms with Gasteiger partial charge in [-0.1, -0.05) is 6.42 Å². The second-order valence-electron chi connectivity index (χ2n) is 10.5. The predicted octanol–water partition coefficient (Wildman–Crippen LogP) is 0.696. The minimum atomic E-state index is -1.30. The van der Waals surface area contributed by atoms with Crippen LogP contribution < -0.4 is 25.7 Å². The lowest BCUT2D eigenvalue weighted by atomic mass is 9.76. The molecule has 0 aromatic carbocycles. The molecule has 1 saturated carbocycles. The van der Waals surface area contributed by atoms with Gasteiger partial charge >= 0.3 is 11.9 Å². The van der Waals surface area contributed by atoms with E-state index in [2.05, 4.69) is 30.6 Å². The summed E-state index contributed by atoms with van der Waals surface area (Å²) < 4.78 is 10.3. The summed E-state index contributed by atoms with van der Waals surface area (Å²) in [5.74, 6) is -6.44. The maximum atomic E-state index is 14.4. The highest BCUT2D eigenvalue weighted by Gasteiger charge is 2.44. The zero-order valence-electron chi connectivity index (χ0n) is 25.9. The SMILES string of the molecule is COc1nc(C(SCC(NC(C)=O)C(=O)O)C2CCCC(C(SCC(NC(C)=O)C(=O)O)c3ncc(O)c(OC)n3)C2=O)cc(=O)[nH]1. The summed E-state index contributed by atoms with van der Waals surface area (Å²) in [6.45, 7) is 2.35. The molecular formula is C28H36N6O11S2. The Labute approximate surface area is 277 Å². The largest absolute Gasteiger partial charge is 0.502 e. The summed E-state index contributed by atoms with van der Waals surface area (Å²) >= 11 is 2.07. The van der Waals surface area contributed by atoms with Crippen LogP contribution >= 0.6 is 23.5 Å². The highest BCUT2D eigenvalue weighted by atomic mass is 32.2. The number of carboxylic acid groups (broad SMARTS) is 2. The molecule has 0 spiro atoms. The van der Waals surface area contributed by atoms with E-state index < -0.39 is 63.7 Å². The van der Waals surface area contributed by atoms with Gasteiger partial charge in [0, 0.05) is 43.3 Å². The van der Waals surface area contributed by atoms with E-state index in [1.54, 1.807) is 0 Å².